The van der Waals surface area contributed by atoms with Gasteiger partial charge in [-0.1, -0.05) is 18.2 Å². The first kappa shape index (κ1) is 21.0. The molecule has 0 saturated carbocycles. The van der Waals surface area contributed by atoms with Crippen LogP contribution in [0.25, 0.3) is 5.65 Å². The molecular formula is C23H29N3O3. The van der Waals surface area contributed by atoms with E-state index in [1.165, 1.54) is 7.11 Å². The zero-order valence-electron chi connectivity index (χ0n) is 18.0. The molecule has 1 atom stereocenters. The summed E-state index contributed by atoms with van der Waals surface area (Å²) in [6.45, 7) is 9.73. The van der Waals surface area contributed by atoms with Crippen molar-refractivity contribution >= 4 is 11.6 Å². The molecule has 6 nitrogen and oxygen atoms in total. The molecule has 1 N–H and O–H groups in total. The summed E-state index contributed by atoms with van der Waals surface area (Å²) >= 11 is 0. The van der Waals surface area contributed by atoms with E-state index in [2.05, 4.69) is 16.3 Å². The number of esters is 1. The quantitative estimate of drug-likeness (QED) is 0.645. The number of ether oxygens (including phenoxy) is 1. The fourth-order valence-electron chi connectivity index (χ4n) is 3.95. The number of methoxy groups -OCH3 is 1. The second-order valence-electron chi connectivity index (χ2n) is 8.22. The Morgan fingerprint density at radius 3 is 2.55 bits per heavy atom. The second kappa shape index (κ2) is 7.95. The fraction of sp³-hybridized carbons (Fsp3) is 0.435. The van der Waals surface area contributed by atoms with Gasteiger partial charge in [-0.2, -0.15) is 0 Å². The van der Waals surface area contributed by atoms with E-state index in [9.17, 15) is 9.90 Å². The predicted octanol–water partition coefficient (Wildman–Crippen LogP) is 3.67. The molecule has 6 heteroatoms. The number of hydrogen-bond donors (Lipinski definition) is 1. The molecule has 0 spiro atoms. The molecule has 0 radical (unpaired) electrons. The Labute approximate surface area is 171 Å². The number of nitrogens with zero attached hydrogens (tertiary/aromatic N) is 3. The smallest absolute Gasteiger partial charge is 0.311 e. The van der Waals surface area contributed by atoms with Crippen LogP contribution in [-0.4, -0.2) is 32.8 Å². The highest BCUT2D eigenvalue weighted by Crippen LogP contribution is 2.40. The maximum Gasteiger partial charge on any atom is 0.311 e. The molecule has 0 saturated heterocycles. The van der Waals surface area contributed by atoms with Crippen molar-refractivity contribution in [3.63, 3.8) is 0 Å². The van der Waals surface area contributed by atoms with Gasteiger partial charge in [0.15, 0.2) is 5.65 Å². The Morgan fingerprint density at radius 2 is 1.90 bits per heavy atom. The lowest BCUT2D eigenvalue weighted by Crippen LogP contribution is -2.34. The van der Waals surface area contributed by atoms with Crippen molar-refractivity contribution in [1.29, 1.82) is 0 Å². The van der Waals surface area contributed by atoms with E-state index < -0.39 is 5.41 Å². The summed E-state index contributed by atoms with van der Waals surface area (Å²) in [6, 6.07) is 8.11. The average Bonchev–Trinajstić information content (AvgIpc) is 3.09. The molecule has 0 fully saturated rings. The molecule has 0 aliphatic heterocycles. The molecule has 3 rings (SSSR count). The number of carbonyl (C=O) groups excluding carboxylic acids is 1. The molecule has 0 aliphatic carbocycles. The monoisotopic (exact) mass is 395 g/mol. The molecule has 0 amide bonds. The molecule has 0 bridgehead atoms. The number of rotatable bonds is 6. The van der Waals surface area contributed by atoms with Crippen molar-refractivity contribution in [2.45, 2.75) is 53.6 Å². The van der Waals surface area contributed by atoms with Gasteiger partial charge in [-0.3, -0.25) is 9.20 Å². The predicted molar refractivity (Wildman–Crippen MR) is 112 cm³/mol. The van der Waals surface area contributed by atoms with Gasteiger partial charge >= 0.3 is 5.97 Å². The molecule has 1 aromatic carbocycles. The average molecular weight is 396 g/mol. The van der Waals surface area contributed by atoms with E-state index >= 15 is 0 Å². The highest BCUT2D eigenvalue weighted by Gasteiger charge is 2.39. The van der Waals surface area contributed by atoms with Gasteiger partial charge in [0.25, 0.3) is 0 Å². The fourth-order valence-corrected chi connectivity index (χ4v) is 3.95. The Morgan fingerprint density at radius 1 is 1.17 bits per heavy atom. The Hall–Kier alpha value is -2.73. The Balaban J connectivity index is 2.11. The number of carbonyl (C=O) groups is 1. The van der Waals surface area contributed by atoms with Crippen LogP contribution in [0.2, 0.25) is 0 Å². The van der Waals surface area contributed by atoms with E-state index in [-0.39, 0.29) is 18.5 Å². The van der Waals surface area contributed by atoms with Crippen LogP contribution in [0.3, 0.4) is 0 Å². The van der Waals surface area contributed by atoms with Gasteiger partial charge in [-0.25, -0.2) is 0 Å². The van der Waals surface area contributed by atoms with Gasteiger partial charge in [0.05, 0.1) is 19.1 Å². The maximum atomic E-state index is 12.7. The Kier molecular flexibility index (Phi) is 5.75. The van der Waals surface area contributed by atoms with Gasteiger partial charge < -0.3 is 9.84 Å². The first-order valence-electron chi connectivity index (χ1n) is 9.79. The van der Waals surface area contributed by atoms with E-state index in [1.54, 1.807) is 0 Å². The maximum absolute atomic E-state index is 12.7. The molecule has 3 aromatic rings. The minimum absolute atomic E-state index is 0.0327. The number of hydrogen-bond acceptors (Lipinski definition) is 5. The van der Waals surface area contributed by atoms with Crippen LogP contribution in [-0.2, 0) is 22.6 Å². The van der Waals surface area contributed by atoms with Gasteiger partial charge in [-0.05, 0) is 74.9 Å². The normalized spacial score (nSPS) is 12.9. The van der Waals surface area contributed by atoms with Crippen molar-refractivity contribution in [2.24, 2.45) is 5.41 Å². The van der Waals surface area contributed by atoms with Gasteiger partial charge in [-0.15, -0.1) is 10.2 Å². The van der Waals surface area contributed by atoms with Crippen LogP contribution >= 0.6 is 0 Å². The molecular weight excluding hydrogens is 366 g/mol. The van der Waals surface area contributed by atoms with Crippen molar-refractivity contribution in [3.05, 3.63) is 64.1 Å². The summed E-state index contributed by atoms with van der Waals surface area (Å²) in [6.07, 6.45) is 2.62. The van der Waals surface area contributed by atoms with Gasteiger partial charge in [0, 0.05) is 12.1 Å². The van der Waals surface area contributed by atoms with Crippen molar-refractivity contribution in [2.75, 3.05) is 7.11 Å². The third-order valence-corrected chi connectivity index (χ3v) is 6.06. The van der Waals surface area contributed by atoms with Crippen molar-refractivity contribution in [3.8, 4) is 0 Å². The van der Waals surface area contributed by atoms with Crippen LogP contribution in [0, 0.1) is 26.2 Å². The number of aryl methyl sites for hydroxylation is 3. The van der Waals surface area contributed by atoms with Crippen molar-refractivity contribution in [1.82, 2.24) is 14.6 Å². The molecule has 29 heavy (non-hydrogen) atoms. The third-order valence-electron chi connectivity index (χ3n) is 6.06. The zero-order valence-corrected chi connectivity index (χ0v) is 18.0. The first-order chi connectivity index (χ1) is 13.7. The standard InChI is InChI=1S/C23H29N3O3/c1-14-7-8-18(11-19(14)13-27)20(23(4,5)22(28)29-6)12-17-9-10-26-16(3)24-25-21(26)15(17)2/h7-11,20,27H,12-13H2,1-6H3/t20-/m0/s1. The summed E-state index contributed by atoms with van der Waals surface area (Å²) in [5, 5.41) is 18.2. The van der Waals surface area contributed by atoms with Crippen LogP contribution < -0.4 is 0 Å². The third kappa shape index (κ3) is 3.77. The lowest BCUT2D eigenvalue weighted by Gasteiger charge is -2.33. The number of aromatic nitrogens is 3. The molecule has 0 aliphatic rings. The van der Waals surface area contributed by atoms with Crippen LogP contribution in [0.1, 0.15) is 53.4 Å². The highest BCUT2D eigenvalue weighted by molar-refractivity contribution is 5.77. The van der Waals surface area contributed by atoms with Gasteiger partial charge in [0.2, 0.25) is 0 Å². The lowest BCUT2D eigenvalue weighted by molar-refractivity contribution is -0.152. The summed E-state index contributed by atoms with van der Waals surface area (Å²) < 4.78 is 7.09. The summed E-state index contributed by atoms with van der Waals surface area (Å²) in [5.74, 6) is 0.448. The number of aliphatic hydroxyl groups excluding tert-OH is 1. The van der Waals surface area contributed by atoms with E-state index in [4.69, 9.17) is 4.74 Å². The van der Waals surface area contributed by atoms with E-state index in [1.807, 2.05) is 63.4 Å². The van der Waals surface area contributed by atoms with Crippen LogP contribution in [0.4, 0.5) is 0 Å². The molecule has 0 unspecified atom stereocenters. The minimum Gasteiger partial charge on any atom is -0.469 e. The summed E-state index contributed by atoms with van der Waals surface area (Å²) in [5.41, 5.74) is 5.14. The minimum atomic E-state index is -0.751. The second-order valence-corrected chi connectivity index (χ2v) is 8.22. The van der Waals surface area contributed by atoms with Gasteiger partial charge in [0.1, 0.15) is 5.82 Å². The highest BCUT2D eigenvalue weighted by atomic mass is 16.5. The van der Waals surface area contributed by atoms with Crippen LogP contribution in [0.15, 0.2) is 30.5 Å². The number of aliphatic hydroxyl groups is 1. The molecule has 2 aromatic heterocycles. The largest absolute Gasteiger partial charge is 0.469 e. The van der Waals surface area contributed by atoms with E-state index in [0.717, 1.165) is 39.3 Å². The summed E-state index contributed by atoms with van der Waals surface area (Å²) in [7, 11) is 1.42. The lowest BCUT2D eigenvalue weighted by atomic mass is 9.71. The zero-order chi connectivity index (χ0) is 21.3. The topological polar surface area (TPSA) is 76.7 Å². The van der Waals surface area contributed by atoms with E-state index in [0.29, 0.717) is 6.42 Å². The van der Waals surface area contributed by atoms with Crippen LogP contribution in [0.5, 0.6) is 0 Å². The number of benzene rings is 1. The first-order valence-corrected chi connectivity index (χ1v) is 9.79. The van der Waals surface area contributed by atoms with Crippen molar-refractivity contribution < 1.29 is 14.6 Å². The molecule has 2 heterocycles. The number of fused-ring (bicyclic) bond motifs is 1. The summed E-state index contributed by atoms with van der Waals surface area (Å²) in [4.78, 5) is 12.7. The SMILES string of the molecule is COC(=O)C(C)(C)[C@@H](Cc1ccn2c(C)nnc2c1C)c1ccc(C)c(CO)c1. The Bertz CT molecular complexity index is 1050. The number of pyridine rings is 1. The molecule has 154 valence electrons.